The molecule has 0 aromatic heterocycles. The van der Waals surface area contributed by atoms with E-state index < -0.39 is 11.6 Å². The van der Waals surface area contributed by atoms with E-state index in [1.54, 1.807) is 4.90 Å². The van der Waals surface area contributed by atoms with Crippen LogP contribution in [0.3, 0.4) is 0 Å². The van der Waals surface area contributed by atoms with E-state index in [0.29, 0.717) is 25.2 Å². The third-order valence-electron chi connectivity index (χ3n) is 3.28. The van der Waals surface area contributed by atoms with Crippen molar-refractivity contribution >= 4 is 5.91 Å². The number of hydrogen-bond donors (Lipinski definition) is 2. The van der Waals surface area contributed by atoms with E-state index in [0.717, 1.165) is 18.7 Å². The highest BCUT2D eigenvalue weighted by Crippen LogP contribution is 2.12. The highest BCUT2D eigenvalue weighted by Gasteiger charge is 2.25. The molecule has 1 aliphatic heterocycles. The molecule has 0 aliphatic carbocycles. The van der Waals surface area contributed by atoms with Crippen LogP contribution in [0.25, 0.3) is 0 Å². The molecule has 2 rings (SSSR count). The molecule has 0 saturated carbocycles. The standard InChI is InChI=1S/C13H17F2N3O/c14-11-2-1-9(5-12(11)15)6-13(19)18-4-3-17-8-10(18)7-16/h1-2,5,10,17H,3-4,6-8,16H2. The fourth-order valence-corrected chi connectivity index (χ4v) is 2.23. The molecule has 0 bridgehead atoms. The van der Waals surface area contributed by atoms with Gasteiger partial charge in [0.15, 0.2) is 11.6 Å². The predicted octanol–water partition coefficient (Wildman–Crippen LogP) is 0.266. The summed E-state index contributed by atoms with van der Waals surface area (Å²) in [6.07, 6.45) is 0.0632. The number of hydrogen-bond acceptors (Lipinski definition) is 3. The zero-order valence-corrected chi connectivity index (χ0v) is 10.5. The number of rotatable bonds is 3. The van der Waals surface area contributed by atoms with E-state index in [9.17, 15) is 13.6 Å². The molecule has 1 saturated heterocycles. The summed E-state index contributed by atoms with van der Waals surface area (Å²) in [6, 6.07) is 3.49. The Labute approximate surface area is 110 Å². The second-order valence-corrected chi connectivity index (χ2v) is 4.61. The van der Waals surface area contributed by atoms with Gasteiger partial charge in [-0.05, 0) is 17.7 Å². The first-order valence-electron chi connectivity index (χ1n) is 6.26. The molecule has 3 N–H and O–H groups in total. The molecule has 19 heavy (non-hydrogen) atoms. The maximum atomic E-state index is 13.1. The summed E-state index contributed by atoms with van der Waals surface area (Å²) in [5.74, 6) is -1.94. The highest BCUT2D eigenvalue weighted by molar-refractivity contribution is 5.79. The quantitative estimate of drug-likeness (QED) is 0.828. The molecule has 1 aromatic rings. The van der Waals surface area contributed by atoms with Gasteiger partial charge >= 0.3 is 0 Å². The monoisotopic (exact) mass is 269 g/mol. The number of nitrogens with zero attached hydrogens (tertiary/aromatic N) is 1. The van der Waals surface area contributed by atoms with E-state index in [1.807, 2.05) is 0 Å². The second-order valence-electron chi connectivity index (χ2n) is 4.61. The van der Waals surface area contributed by atoms with Crippen molar-refractivity contribution in [1.82, 2.24) is 10.2 Å². The summed E-state index contributed by atoms with van der Waals surface area (Å²) in [5.41, 5.74) is 6.10. The molecule has 1 aromatic carbocycles. The van der Waals surface area contributed by atoms with Gasteiger partial charge in [0.2, 0.25) is 5.91 Å². The van der Waals surface area contributed by atoms with Crippen LogP contribution in [0, 0.1) is 11.6 Å². The molecule has 1 unspecified atom stereocenters. The summed E-state index contributed by atoms with van der Waals surface area (Å²) < 4.78 is 25.9. The number of carbonyl (C=O) groups is 1. The third kappa shape index (κ3) is 3.27. The Bertz CT molecular complexity index is 467. The van der Waals surface area contributed by atoms with Crippen LogP contribution in [0.15, 0.2) is 18.2 Å². The molecule has 1 amide bonds. The van der Waals surface area contributed by atoms with E-state index in [-0.39, 0.29) is 18.4 Å². The van der Waals surface area contributed by atoms with Crippen LogP contribution >= 0.6 is 0 Å². The molecule has 0 radical (unpaired) electrons. The molecule has 104 valence electrons. The molecule has 1 heterocycles. The van der Waals surface area contributed by atoms with Crippen molar-refractivity contribution in [3.63, 3.8) is 0 Å². The largest absolute Gasteiger partial charge is 0.336 e. The van der Waals surface area contributed by atoms with E-state index in [4.69, 9.17) is 5.73 Å². The summed E-state index contributed by atoms with van der Waals surface area (Å²) in [5, 5.41) is 3.17. The lowest BCUT2D eigenvalue weighted by molar-refractivity contribution is -0.133. The number of piperazine rings is 1. The Morgan fingerprint density at radius 3 is 2.89 bits per heavy atom. The zero-order valence-electron chi connectivity index (χ0n) is 10.5. The molecule has 1 atom stereocenters. The van der Waals surface area contributed by atoms with Crippen LogP contribution in [0.1, 0.15) is 5.56 Å². The van der Waals surface area contributed by atoms with Crippen molar-refractivity contribution in [2.24, 2.45) is 5.73 Å². The van der Waals surface area contributed by atoms with Gasteiger partial charge in [-0.2, -0.15) is 0 Å². The van der Waals surface area contributed by atoms with Crippen LogP contribution in [-0.4, -0.2) is 43.0 Å². The minimum Gasteiger partial charge on any atom is -0.336 e. The predicted molar refractivity (Wildman–Crippen MR) is 67.5 cm³/mol. The van der Waals surface area contributed by atoms with Gasteiger partial charge in [0.25, 0.3) is 0 Å². The lowest BCUT2D eigenvalue weighted by atomic mass is 10.1. The van der Waals surface area contributed by atoms with Gasteiger partial charge in [0, 0.05) is 26.2 Å². The van der Waals surface area contributed by atoms with Gasteiger partial charge < -0.3 is 16.0 Å². The van der Waals surface area contributed by atoms with Crippen LogP contribution < -0.4 is 11.1 Å². The Morgan fingerprint density at radius 1 is 1.42 bits per heavy atom. The summed E-state index contributed by atoms with van der Waals surface area (Å²) in [7, 11) is 0. The van der Waals surface area contributed by atoms with E-state index >= 15 is 0 Å². The Kier molecular flexibility index (Phi) is 4.44. The Morgan fingerprint density at radius 2 is 2.21 bits per heavy atom. The minimum absolute atomic E-state index is 0.0356. The summed E-state index contributed by atoms with van der Waals surface area (Å²) >= 11 is 0. The molecule has 4 nitrogen and oxygen atoms in total. The zero-order chi connectivity index (χ0) is 13.8. The van der Waals surface area contributed by atoms with Crippen molar-refractivity contribution < 1.29 is 13.6 Å². The smallest absolute Gasteiger partial charge is 0.227 e. The maximum absolute atomic E-state index is 13.1. The summed E-state index contributed by atoms with van der Waals surface area (Å²) in [4.78, 5) is 13.9. The first-order chi connectivity index (χ1) is 9.11. The minimum atomic E-state index is -0.930. The van der Waals surface area contributed by atoms with Gasteiger partial charge in [-0.1, -0.05) is 6.07 Å². The highest BCUT2D eigenvalue weighted by atomic mass is 19.2. The van der Waals surface area contributed by atoms with Gasteiger partial charge in [0.1, 0.15) is 0 Å². The van der Waals surface area contributed by atoms with E-state index in [1.165, 1.54) is 6.07 Å². The topological polar surface area (TPSA) is 58.4 Å². The van der Waals surface area contributed by atoms with Crippen molar-refractivity contribution in [3.8, 4) is 0 Å². The van der Waals surface area contributed by atoms with Crippen LogP contribution in [0.4, 0.5) is 8.78 Å². The molecule has 1 fully saturated rings. The Balaban J connectivity index is 2.05. The molecular formula is C13H17F2N3O. The number of benzene rings is 1. The SMILES string of the molecule is NCC1CNCCN1C(=O)Cc1ccc(F)c(F)c1. The van der Waals surface area contributed by atoms with Crippen molar-refractivity contribution in [2.45, 2.75) is 12.5 Å². The summed E-state index contributed by atoms with van der Waals surface area (Å²) in [6.45, 7) is 2.36. The first kappa shape index (κ1) is 13.9. The van der Waals surface area contributed by atoms with Gasteiger partial charge in [-0.15, -0.1) is 0 Å². The number of carbonyl (C=O) groups excluding carboxylic acids is 1. The first-order valence-corrected chi connectivity index (χ1v) is 6.26. The van der Waals surface area contributed by atoms with Gasteiger partial charge in [-0.25, -0.2) is 8.78 Å². The molecule has 1 aliphatic rings. The van der Waals surface area contributed by atoms with Crippen molar-refractivity contribution in [2.75, 3.05) is 26.2 Å². The van der Waals surface area contributed by atoms with Crippen LogP contribution in [0.5, 0.6) is 0 Å². The maximum Gasteiger partial charge on any atom is 0.227 e. The lowest BCUT2D eigenvalue weighted by Crippen LogP contribution is -2.56. The van der Waals surface area contributed by atoms with Gasteiger partial charge in [-0.3, -0.25) is 4.79 Å². The molecule has 0 spiro atoms. The van der Waals surface area contributed by atoms with Gasteiger partial charge in [0.05, 0.1) is 12.5 Å². The second kappa shape index (κ2) is 6.08. The van der Waals surface area contributed by atoms with E-state index in [2.05, 4.69) is 5.32 Å². The number of nitrogens with two attached hydrogens (primary N) is 1. The average Bonchev–Trinajstić information content (AvgIpc) is 2.43. The normalized spacial score (nSPS) is 19.5. The number of halogens is 2. The fraction of sp³-hybridized carbons (Fsp3) is 0.462. The Hall–Kier alpha value is -1.53. The van der Waals surface area contributed by atoms with Crippen LogP contribution in [0.2, 0.25) is 0 Å². The van der Waals surface area contributed by atoms with Crippen molar-refractivity contribution in [3.05, 3.63) is 35.4 Å². The molecule has 6 heteroatoms. The lowest BCUT2D eigenvalue weighted by Gasteiger charge is -2.35. The number of amides is 1. The fourth-order valence-electron chi connectivity index (χ4n) is 2.23. The number of nitrogens with one attached hydrogen (secondary N) is 1. The molecular weight excluding hydrogens is 252 g/mol. The third-order valence-corrected chi connectivity index (χ3v) is 3.28. The average molecular weight is 269 g/mol. The van der Waals surface area contributed by atoms with Crippen molar-refractivity contribution in [1.29, 1.82) is 0 Å². The van der Waals surface area contributed by atoms with Crippen LogP contribution in [-0.2, 0) is 11.2 Å².